The Hall–Kier alpha value is -1.52. The van der Waals surface area contributed by atoms with Crippen LogP contribution < -0.4 is 10.1 Å². The Labute approximate surface area is 137 Å². The van der Waals surface area contributed by atoms with Gasteiger partial charge in [0.1, 0.15) is 5.75 Å². The fourth-order valence-electron chi connectivity index (χ4n) is 1.73. The van der Waals surface area contributed by atoms with Gasteiger partial charge in [-0.15, -0.1) is 0 Å². The lowest BCUT2D eigenvalue weighted by Gasteiger charge is -2.16. The lowest BCUT2D eigenvalue weighted by molar-refractivity contribution is -0.122. The number of rotatable bonds is 4. The standard InChI is InChI=1S/C16H15BrClNO2/c1-10-3-6-13(18)9-15(10)19-16(20)11(2)21-14-7-4-12(17)5-8-14/h3-9,11H,1-2H3,(H,19,20)/t11-/m0/s1. The fourth-order valence-corrected chi connectivity index (χ4v) is 2.17. The number of ether oxygens (including phenoxy) is 1. The third kappa shape index (κ3) is 4.48. The van der Waals surface area contributed by atoms with Crippen molar-refractivity contribution < 1.29 is 9.53 Å². The maximum atomic E-state index is 12.2. The summed E-state index contributed by atoms with van der Waals surface area (Å²) in [7, 11) is 0. The van der Waals surface area contributed by atoms with E-state index >= 15 is 0 Å². The minimum atomic E-state index is -0.607. The molecule has 1 amide bonds. The van der Waals surface area contributed by atoms with Crippen molar-refractivity contribution >= 4 is 39.1 Å². The highest BCUT2D eigenvalue weighted by Crippen LogP contribution is 2.21. The van der Waals surface area contributed by atoms with Crippen molar-refractivity contribution in [3.05, 3.63) is 57.5 Å². The molecule has 3 nitrogen and oxygen atoms in total. The number of carbonyl (C=O) groups excluding carboxylic acids is 1. The van der Waals surface area contributed by atoms with Gasteiger partial charge in [-0.3, -0.25) is 4.79 Å². The molecule has 0 saturated carbocycles. The van der Waals surface area contributed by atoms with Gasteiger partial charge < -0.3 is 10.1 Å². The van der Waals surface area contributed by atoms with Crippen molar-refractivity contribution in [2.24, 2.45) is 0 Å². The number of hydrogen-bond donors (Lipinski definition) is 1. The quantitative estimate of drug-likeness (QED) is 0.840. The summed E-state index contributed by atoms with van der Waals surface area (Å²) < 4.78 is 6.57. The van der Waals surface area contributed by atoms with Crippen LogP contribution in [-0.4, -0.2) is 12.0 Å². The maximum absolute atomic E-state index is 12.2. The van der Waals surface area contributed by atoms with Gasteiger partial charge >= 0.3 is 0 Å². The second-order valence-corrected chi connectivity index (χ2v) is 6.01. The number of nitrogens with one attached hydrogen (secondary N) is 1. The average molecular weight is 369 g/mol. The number of anilines is 1. The van der Waals surface area contributed by atoms with Crippen molar-refractivity contribution in [3.8, 4) is 5.75 Å². The Balaban J connectivity index is 2.02. The van der Waals surface area contributed by atoms with Crippen LogP contribution in [0.1, 0.15) is 12.5 Å². The normalized spacial score (nSPS) is 11.8. The average Bonchev–Trinajstić information content (AvgIpc) is 2.45. The first-order chi connectivity index (χ1) is 9.95. The molecule has 0 radical (unpaired) electrons. The zero-order valence-corrected chi connectivity index (χ0v) is 14.0. The Bertz CT molecular complexity index is 643. The van der Waals surface area contributed by atoms with Crippen LogP contribution in [0.15, 0.2) is 46.9 Å². The predicted octanol–water partition coefficient (Wildman–Crippen LogP) is 4.82. The van der Waals surface area contributed by atoms with Gasteiger partial charge in [-0.2, -0.15) is 0 Å². The Morgan fingerprint density at radius 3 is 2.57 bits per heavy atom. The zero-order chi connectivity index (χ0) is 15.4. The van der Waals surface area contributed by atoms with Gasteiger partial charge in [0.25, 0.3) is 5.91 Å². The summed E-state index contributed by atoms with van der Waals surface area (Å²) in [5.74, 6) is 0.423. The molecular weight excluding hydrogens is 354 g/mol. The molecule has 1 atom stereocenters. The molecule has 0 unspecified atom stereocenters. The van der Waals surface area contributed by atoms with E-state index in [1.165, 1.54) is 0 Å². The lowest BCUT2D eigenvalue weighted by Crippen LogP contribution is -2.30. The molecule has 0 aliphatic rings. The molecule has 0 fully saturated rings. The highest BCUT2D eigenvalue weighted by molar-refractivity contribution is 9.10. The molecule has 0 aliphatic heterocycles. The monoisotopic (exact) mass is 367 g/mol. The van der Waals surface area contributed by atoms with Gasteiger partial charge in [0.05, 0.1) is 0 Å². The van der Waals surface area contributed by atoms with Crippen molar-refractivity contribution in [3.63, 3.8) is 0 Å². The molecule has 0 bridgehead atoms. The Morgan fingerprint density at radius 2 is 1.90 bits per heavy atom. The number of carbonyl (C=O) groups is 1. The van der Waals surface area contributed by atoms with Crippen LogP contribution in [0.3, 0.4) is 0 Å². The third-order valence-electron chi connectivity index (χ3n) is 2.95. The predicted molar refractivity (Wildman–Crippen MR) is 89.1 cm³/mol. The van der Waals surface area contributed by atoms with Gasteiger partial charge in [-0.05, 0) is 55.8 Å². The Morgan fingerprint density at radius 1 is 1.24 bits per heavy atom. The summed E-state index contributed by atoms with van der Waals surface area (Å²) in [5, 5.41) is 3.41. The summed E-state index contributed by atoms with van der Waals surface area (Å²) in [4.78, 5) is 12.2. The van der Waals surface area contributed by atoms with Crippen LogP contribution >= 0.6 is 27.5 Å². The molecule has 1 N–H and O–H groups in total. The van der Waals surface area contributed by atoms with E-state index in [1.807, 2.05) is 25.1 Å². The van der Waals surface area contributed by atoms with Crippen LogP contribution in [0.4, 0.5) is 5.69 Å². The first-order valence-corrected chi connectivity index (χ1v) is 7.62. The molecular formula is C16H15BrClNO2. The van der Waals surface area contributed by atoms with E-state index in [0.717, 1.165) is 10.0 Å². The second-order valence-electron chi connectivity index (χ2n) is 4.66. The summed E-state index contributed by atoms with van der Waals surface area (Å²) in [5.41, 5.74) is 1.64. The van der Waals surface area contributed by atoms with Gasteiger partial charge in [0.2, 0.25) is 0 Å². The Kier molecular flexibility index (Phi) is 5.26. The van der Waals surface area contributed by atoms with Gasteiger partial charge in [-0.1, -0.05) is 33.6 Å². The molecule has 21 heavy (non-hydrogen) atoms. The van der Waals surface area contributed by atoms with Crippen molar-refractivity contribution in [2.45, 2.75) is 20.0 Å². The molecule has 0 aliphatic carbocycles. The van der Waals surface area contributed by atoms with Crippen LogP contribution in [-0.2, 0) is 4.79 Å². The van der Waals surface area contributed by atoms with E-state index in [4.69, 9.17) is 16.3 Å². The molecule has 5 heteroatoms. The van der Waals surface area contributed by atoms with E-state index in [0.29, 0.717) is 16.5 Å². The lowest BCUT2D eigenvalue weighted by atomic mass is 10.2. The van der Waals surface area contributed by atoms with E-state index < -0.39 is 6.10 Å². The SMILES string of the molecule is Cc1ccc(Cl)cc1NC(=O)[C@H](C)Oc1ccc(Br)cc1. The summed E-state index contributed by atoms with van der Waals surface area (Å²) in [6.07, 6.45) is -0.607. The van der Waals surface area contributed by atoms with Crippen molar-refractivity contribution in [1.29, 1.82) is 0 Å². The van der Waals surface area contributed by atoms with Gasteiger partial charge in [0.15, 0.2) is 6.10 Å². The molecule has 2 aromatic carbocycles. The van der Waals surface area contributed by atoms with Gasteiger partial charge in [-0.25, -0.2) is 0 Å². The number of aryl methyl sites for hydroxylation is 1. The molecule has 0 aromatic heterocycles. The van der Waals surface area contributed by atoms with Crippen LogP contribution in [0.2, 0.25) is 5.02 Å². The number of benzene rings is 2. The largest absolute Gasteiger partial charge is 0.481 e. The maximum Gasteiger partial charge on any atom is 0.265 e. The third-order valence-corrected chi connectivity index (χ3v) is 3.72. The second kappa shape index (κ2) is 6.96. The minimum Gasteiger partial charge on any atom is -0.481 e. The minimum absolute atomic E-state index is 0.219. The van der Waals surface area contributed by atoms with E-state index in [9.17, 15) is 4.79 Å². The van der Waals surface area contributed by atoms with E-state index in [2.05, 4.69) is 21.2 Å². The molecule has 0 heterocycles. The van der Waals surface area contributed by atoms with Crippen LogP contribution in [0.5, 0.6) is 5.75 Å². The molecule has 2 aromatic rings. The molecule has 110 valence electrons. The number of amides is 1. The first-order valence-electron chi connectivity index (χ1n) is 6.45. The summed E-state index contributed by atoms with van der Waals surface area (Å²) in [6.45, 7) is 3.61. The summed E-state index contributed by atoms with van der Waals surface area (Å²) in [6, 6.07) is 12.7. The van der Waals surface area contributed by atoms with E-state index in [1.54, 1.807) is 31.2 Å². The molecule has 2 rings (SSSR count). The van der Waals surface area contributed by atoms with Crippen LogP contribution in [0, 0.1) is 6.92 Å². The highest BCUT2D eigenvalue weighted by Gasteiger charge is 2.15. The molecule has 0 spiro atoms. The van der Waals surface area contributed by atoms with Crippen molar-refractivity contribution in [2.75, 3.05) is 5.32 Å². The smallest absolute Gasteiger partial charge is 0.265 e. The topological polar surface area (TPSA) is 38.3 Å². The fraction of sp³-hybridized carbons (Fsp3) is 0.188. The highest BCUT2D eigenvalue weighted by atomic mass is 79.9. The van der Waals surface area contributed by atoms with Crippen molar-refractivity contribution in [1.82, 2.24) is 0 Å². The summed E-state index contributed by atoms with van der Waals surface area (Å²) >= 11 is 9.29. The van der Waals surface area contributed by atoms with Gasteiger partial charge in [0, 0.05) is 15.2 Å². The molecule has 0 saturated heterocycles. The zero-order valence-electron chi connectivity index (χ0n) is 11.7. The number of halogens is 2. The van der Waals surface area contributed by atoms with E-state index in [-0.39, 0.29) is 5.91 Å². The first kappa shape index (κ1) is 15.9. The number of hydrogen-bond acceptors (Lipinski definition) is 2. The van der Waals surface area contributed by atoms with Crippen LogP contribution in [0.25, 0.3) is 0 Å².